The first-order valence-electron chi connectivity index (χ1n) is 11.8. The van der Waals surface area contributed by atoms with E-state index in [0.29, 0.717) is 22.0 Å². The van der Waals surface area contributed by atoms with E-state index in [1.165, 1.54) is 6.07 Å². The van der Waals surface area contributed by atoms with Crippen LogP contribution in [0.2, 0.25) is 0 Å². The van der Waals surface area contributed by atoms with Crippen LogP contribution in [0.15, 0.2) is 35.1 Å². The molecule has 7 N–H and O–H groups in total. The first-order valence-corrected chi connectivity index (χ1v) is 11.8. The summed E-state index contributed by atoms with van der Waals surface area (Å²) in [5.74, 6) is -0.0850. The maximum atomic E-state index is 13.2. The van der Waals surface area contributed by atoms with Gasteiger partial charge in [-0.2, -0.15) is 0 Å². The van der Waals surface area contributed by atoms with Crippen LogP contribution in [0.4, 0.5) is 0 Å². The van der Waals surface area contributed by atoms with Gasteiger partial charge in [0, 0.05) is 30.5 Å². The van der Waals surface area contributed by atoms with Gasteiger partial charge in [-0.1, -0.05) is 12.1 Å². The lowest BCUT2D eigenvalue weighted by molar-refractivity contribution is -0.341. The molecule has 3 aromatic rings. The molecule has 1 saturated heterocycles. The molecule has 2 aliphatic rings. The molecule has 0 radical (unpaired) electrons. The Morgan fingerprint density at radius 2 is 1.78 bits per heavy atom. The maximum absolute atomic E-state index is 13.2. The molecular weight excluding hydrogens is 490 g/mol. The standard InChI is InChI=1S/C25H29NO11/c1-26-13-5-3-2-4-11(13)20(31)18-14(30)7-15-12(19(18)26)6-17(35-15)25(9-28,10-29)37-24-23(34)22(33)21(32)16(8-27)36-24/h2-5,7,16-17,21-24,27-30,32-34H,6,8-10H2,1H3/t16-,17-,21+,22+,23-,24-/m0/s1. The molecule has 0 amide bonds. The number of aliphatic hydroxyl groups is 6. The van der Waals surface area contributed by atoms with Crippen molar-refractivity contribution in [1.82, 2.24) is 4.57 Å². The van der Waals surface area contributed by atoms with Crippen LogP contribution in [0, 0.1) is 0 Å². The van der Waals surface area contributed by atoms with Gasteiger partial charge in [-0.3, -0.25) is 4.79 Å². The van der Waals surface area contributed by atoms with Crippen LogP contribution >= 0.6 is 0 Å². The van der Waals surface area contributed by atoms with Gasteiger partial charge in [-0.05, 0) is 12.1 Å². The third-order valence-corrected chi connectivity index (χ3v) is 7.40. The number of aromatic hydroxyl groups is 1. The number of hydrogen-bond acceptors (Lipinski definition) is 11. The Morgan fingerprint density at radius 3 is 2.46 bits per heavy atom. The van der Waals surface area contributed by atoms with E-state index in [0.717, 1.165) is 0 Å². The summed E-state index contributed by atoms with van der Waals surface area (Å²) in [6.07, 6.45) is -9.04. The normalized spacial score (nSPS) is 28.0. The van der Waals surface area contributed by atoms with Crippen molar-refractivity contribution in [2.24, 2.45) is 7.05 Å². The van der Waals surface area contributed by atoms with E-state index < -0.39 is 62.2 Å². The van der Waals surface area contributed by atoms with Gasteiger partial charge in [0.2, 0.25) is 5.43 Å². The highest BCUT2D eigenvalue weighted by Crippen LogP contribution is 2.43. The summed E-state index contributed by atoms with van der Waals surface area (Å²) < 4.78 is 19.0. The minimum Gasteiger partial charge on any atom is -0.507 e. The lowest BCUT2D eigenvalue weighted by atomic mass is 9.92. The third kappa shape index (κ3) is 3.88. The molecule has 0 bridgehead atoms. The molecule has 12 heteroatoms. The first kappa shape index (κ1) is 25.8. The lowest BCUT2D eigenvalue weighted by Gasteiger charge is -2.44. The fraction of sp³-hybridized carbons (Fsp3) is 0.480. The molecule has 5 rings (SSSR count). The number of aromatic nitrogens is 1. The molecule has 12 nitrogen and oxygen atoms in total. The first-order chi connectivity index (χ1) is 17.7. The number of hydrogen-bond donors (Lipinski definition) is 7. The molecule has 0 unspecified atom stereocenters. The summed E-state index contributed by atoms with van der Waals surface area (Å²) >= 11 is 0. The molecule has 3 heterocycles. The third-order valence-electron chi connectivity index (χ3n) is 7.40. The fourth-order valence-electron chi connectivity index (χ4n) is 5.26. The largest absolute Gasteiger partial charge is 0.507 e. The molecule has 37 heavy (non-hydrogen) atoms. The summed E-state index contributed by atoms with van der Waals surface area (Å²) in [6.45, 7) is -2.29. The summed E-state index contributed by atoms with van der Waals surface area (Å²) in [7, 11) is 1.74. The summed E-state index contributed by atoms with van der Waals surface area (Å²) in [5.41, 5.74) is -0.666. The van der Waals surface area contributed by atoms with E-state index in [4.69, 9.17) is 14.2 Å². The van der Waals surface area contributed by atoms with E-state index in [-0.39, 0.29) is 28.7 Å². The van der Waals surface area contributed by atoms with E-state index in [1.807, 2.05) is 0 Å². The monoisotopic (exact) mass is 519 g/mol. The molecule has 2 aliphatic heterocycles. The van der Waals surface area contributed by atoms with Gasteiger partial charge in [-0.25, -0.2) is 0 Å². The number of rotatable bonds is 6. The number of phenols is 1. The van der Waals surface area contributed by atoms with Gasteiger partial charge in [0.05, 0.1) is 36.2 Å². The zero-order valence-corrected chi connectivity index (χ0v) is 19.9. The number of ether oxygens (including phenoxy) is 3. The van der Waals surface area contributed by atoms with Crippen molar-refractivity contribution in [3.8, 4) is 11.5 Å². The molecule has 1 fully saturated rings. The highest BCUT2D eigenvalue weighted by molar-refractivity contribution is 5.99. The Kier molecular flexibility index (Phi) is 6.63. The predicted octanol–water partition coefficient (Wildman–Crippen LogP) is -1.76. The zero-order valence-electron chi connectivity index (χ0n) is 19.9. The Morgan fingerprint density at radius 1 is 1.08 bits per heavy atom. The van der Waals surface area contributed by atoms with Gasteiger partial charge < -0.3 is 54.5 Å². The second-order valence-electron chi connectivity index (χ2n) is 9.51. The average Bonchev–Trinajstić information content (AvgIpc) is 3.34. The van der Waals surface area contributed by atoms with E-state index >= 15 is 0 Å². The predicted molar refractivity (Wildman–Crippen MR) is 128 cm³/mol. The summed E-state index contributed by atoms with van der Waals surface area (Å²) in [4.78, 5) is 13.2. The van der Waals surface area contributed by atoms with Gasteiger partial charge in [0.25, 0.3) is 0 Å². The second kappa shape index (κ2) is 9.49. The van der Waals surface area contributed by atoms with Gasteiger partial charge in [-0.15, -0.1) is 0 Å². The highest BCUT2D eigenvalue weighted by Gasteiger charge is 2.52. The Balaban J connectivity index is 1.56. The minimum absolute atomic E-state index is 0.0380. The van der Waals surface area contributed by atoms with Crippen molar-refractivity contribution < 1.29 is 50.0 Å². The van der Waals surface area contributed by atoms with Crippen molar-refractivity contribution in [2.75, 3.05) is 19.8 Å². The Bertz CT molecular complexity index is 1380. The van der Waals surface area contributed by atoms with Crippen LogP contribution in [-0.4, -0.2) is 103 Å². The smallest absolute Gasteiger partial charge is 0.200 e. The topological polar surface area (TPSA) is 191 Å². The number of pyridine rings is 1. The van der Waals surface area contributed by atoms with Gasteiger partial charge in [0.1, 0.15) is 42.0 Å². The number of benzene rings is 2. The molecule has 1 aromatic heterocycles. The molecule has 6 atom stereocenters. The molecule has 0 aliphatic carbocycles. The van der Waals surface area contributed by atoms with Crippen LogP contribution in [-0.2, 0) is 22.9 Å². The van der Waals surface area contributed by atoms with Gasteiger partial charge >= 0.3 is 0 Å². The quantitative estimate of drug-likeness (QED) is 0.183. The average molecular weight is 520 g/mol. The SMILES string of the molecule is Cn1c2ccccc2c(=O)c2c(O)cc3c(c21)C[C@@H](C(CO)(CO)O[C@@H]1O[C@@H](CO)[C@@H](O)[C@@H](O)[C@@H]1O)O3. The maximum Gasteiger partial charge on any atom is 0.200 e. The number of aliphatic hydroxyl groups excluding tert-OH is 6. The molecule has 0 spiro atoms. The van der Waals surface area contributed by atoms with Crippen LogP contribution in [0.5, 0.6) is 11.5 Å². The number of fused-ring (bicyclic) bond motifs is 4. The van der Waals surface area contributed by atoms with E-state index in [9.17, 15) is 40.5 Å². The number of para-hydroxylation sites is 1. The van der Waals surface area contributed by atoms with Crippen LogP contribution in [0.3, 0.4) is 0 Å². The number of nitrogens with zero attached hydrogens (tertiary/aromatic N) is 1. The van der Waals surface area contributed by atoms with Crippen LogP contribution < -0.4 is 10.2 Å². The molecular formula is C25H29NO11. The zero-order chi connectivity index (χ0) is 26.6. The van der Waals surface area contributed by atoms with Crippen molar-refractivity contribution in [3.05, 3.63) is 46.1 Å². The minimum atomic E-state index is -1.88. The van der Waals surface area contributed by atoms with Crippen molar-refractivity contribution in [1.29, 1.82) is 0 Å². The molecule has 200 valence electrons. The van der Waals surface area contributed by atoms with Crippen LogP contribution in [0.25, 0.3) is 21.8 Å². The van der Waals surface area contributed by atoms with Crippen molar-refractivity contribution in [3.63, 3.8) is 0 Å². The molecule has 0 saturated carbocycles. The summed E-state index contributed by atoms with van der Waals surface area (Å²) in [5, 5.41) is 72.0. The Hall–Kier alpha value is -2.81. The second-order valence-corrected chi connectivity index (χ2v) is 9.51. The lowest BCUT2D eigenvalue weighted by Crippen LogP contribution is -2.64. The van der Waals surface area contributed by atoms with Crippen molar-refractivity contribution in [2.45, 2.75) is 48.8 Å². The fourth-order valence-corrected chi connectivity index (χ4v) is 5.26. The van der Waals surface area contributed by atoms with Gasteiger partial charge in [0.15, 0.2) is 11.9 Å². The summed E-state index contributed by atoms with van der Waals surface area (Å²) in [6, 6.07) is 8.24. The molecule has 2 aromatic carbocycles. The number of aryl methyl sites for hydroxylation is 1. The van der Waals surface area contributed by atoms with Crippen LogP contribution in [0.1, 0.15) is 5.56 Å². The Labute approximate surface area is 210 Å². The van der Waals surface area contributed by atoms with Crippen molar-refractivity contribution >= 4 is 21.8 Å². The van der Waals surface area contributed by atoms with E-state index in [2.05, 4.69) is 0 Å². The highest BCUT2D eigenvalue weighted by atomic mass is 16.7. The number of phenolic OH excluding ortho intramolecular Hbond substituents is 1. The van der Waals surface area contributed by atoms with E-state index in [1.54, 1.807) is 35.9 Å².